The summed E-state index contributed by atoms with van der Waals surface area (Å²) in [6.45, 7) is 0.366. The predicted octanol–water partition coefficient (Wildman–Crippen LogP) is 3.93. The van der Waals surface area contributed by atoms with Crippen molar-refractivity contribution >= 4 is 11.7 Å². The van der Waals surface area contributed by atoms with Crippen LogP contribution in [0.25, 0.3) is 0 Å². The fourth-order valence-corrected chi connectivity index (χ4v) is 5.58. The van der Waals surface area contributed by atoms with Crippen LogP contribution < -0.4 is 24.3 Å². The molecule has 0 aromatic heterocycles. The number of rotatable bonds is 5. The maximum atomic E-state index is 13.2. The lowest BCUT2D eigenvalue weighted by Crippen LogP contribution is -2.37. The maximum absolute atomic E-state index is 13.2. The standard InChI is InChI=1S/C27H25NO8/c1-32-21-7-13(8-22(33-2)26(21)30)23-16-9-19-20(36-12-35-19)10-17(16)25(18-11-34-27(31)24(18)23)28-14-3-5-15(29)6-4-14/h3-10,18,23-25,28-30H,11-12H2,1-2H3/t18-,23+,24-,25+/m0/s1. The Kier molecular flexibility index (Phi) is 5.21. The summed E-state index contributed by atoms with van der Waals surface area (Å²) in [7, 11) is 2.94. The molecule has 0 unspecified atom stereocenters. The quantitative estimate of drug-likeness (QED) is 0.361. The molecular weight excluding hydrogens is 466 g/mol. The molecule has 3 aromatic rings. The highest BCUT2D eigenvalue weighted by molar-refractivity contribution is 5.79. The highest BCUT2D eigenvalue weighted by atomic mass is 16.7. The lowest BCUT2D eigenvalue weighted by Gasteiger charge is -2.40. The van der Waals surface area contributed by atoms with E-state index in [2.05, 4.69) is 5.32 Å². The van der Waals surface area contributed by atoms with Gasteiger partial charge in [-0.05, 0) is 65.2 Å². The number of aromatic hydroxyl groups is 2. The van der Waals surface area contributed by atoms with E-state index in [1.54, 1.807) is 36.4 Å². The van der Waals surface area contributed by atoms with Crippen molar-refractivity contribution in [2.24, 2.45) is 11.8 Å². The number of anilines is 1. The van der Waals surface area contributed by atoms with E-state index in [0.717, 1.165) is 22.4 Å². The summed E-state index contributed by atoms with van der Waals surface area (Å²) in [6, 6.07) is 13.9. The molecule has 6 rings (SSSR count). The van der Waals surface area contributed by atoms with Crippen LogP contribution in [0.4, 0.5) is 5.69 Å². The summed E-state index contributed by atoms with van der Waals surface area (Å²) in [5.74, 6) is 0.384. The monoisotopic (exact) mass is 491 g/mol. The Hall–Kier alpha value is -4.27. The lowest BCUT2D eigenvalue weighted by atomic mass is 9.65. The summed E-state index contributed by atoms with van der Waals surface area (Å²) in [5.41, 5.74) is 3.37. The molecule has 3 N–H and O–H groups in total. The molecule has 0 spiro atoms. The third kappa shape index (κ3) is 3.42. The number of ether oxygens (including phenoxy) is 5. The summed E-state index contributed by atoms with van der Waals surface area (Å²) < 4.78 is 27.8. The normalized spacial score (nSPS) is 23.4. The second kappa shape index (κ2) is 8.44. The highest BCUT2D eigenvalue weighted by Gasteiger charge is 2.52. The molecule has 186 valence electrons. The van der Waals surface area contributed by atoms with Gasteiger partial charge in [-0.2, -0.15) is 0 Å². The minimum absolute atomic E-state index is 0.108. The van der Waals surface area contributed by atoms with Crippen LogP contribution >= 0.6 is 0 Å². The number of benzene rings is 3. The van der Waals surface area contributed by atoms with Gasteiger partial charge in [0.2, 0.25) is 12.5 Å². The van der Waals surface area contributed by atoms with E-state index in [0.29, 0.717) is 11.5 Å². The average Bonchev–Trinajstić information content (AvgIpc) is 3.51. The zero-order valence-corrected chi connectivity index (χ0v) is 19.7. The molecule has 1 saturated heterocycles. The van der Waals surface area contributed by atoms with Crippen LogP contribution in [0.1, 0.15) is 28.7 Å². The first-order valence-corrected chi connectivity index (χ1v) is 11.6. The molecular formula is C27H25NO8. The van der Waals surface area contributed by atoms with E-state index in [9.17, 15) is 15.0 Å². The van der Waals surface area contributed by atoms with Crippen LogP contribution in [0.15, 0.2) is 48.5 Å². The Labute approximate surface area is 207 Å². The van der Waals surface area contributed by atoms with Crippen molar-refractivity contribution < 1.29 is 38.7 Å². The van der Waals surface area contributed by atoms with E-state index >= 15 is 0 Å². The van der Waals surface area contributed by atoms with Crippen LogP contribution in [-0.4, -0.2) is 43.8 Å². The minimum Gasteiger partial charge on any atom is -0.508 e. The molecule has 9 heteroatoms. The van der Waals surface area contributed by atoms with E-state index in [-0.39, 0.29) is 54.3 Å². The van der Waals surface area contributed by atoms with E-state index < -0.39 is 11.8 Å². The molecule has 0 radical (unpaired) electrons. The zero-order valence-electron chi connectivity index (χ0n) is 19.7. The van der Waals surface area contributed by atoms with Crippen LogP contribution in [-0.2, 0) is 9.53 Å². The first-order chi connectivity index (χ1) is 17.5. The zero-order chi connectivity index (χ0) is 25.0. The SMILES string of the molecule is COc1cc([C@@H]2c3cc4c(cc3[C@@H](Nc3ccc(O)cc3)[C@H]3COC(=O)[C@H]23)OCO4)cc(OC)c1O. The molecule has 0 saturated carbocycles. The Morgan fingerprint density at radius 3 is 2.17 bits per heavy atom. The summed E-state index contributed by atoms with van der Waals surface area (Å²) in [6.07, 6.45) is 0. The first-order valence-electron chi connectivity index (χ1n) is 11.6. The maximum Gasteiger partial charge on any atom is 0.310 e. The largest absolute Gasteiger partial charge is 0.508 e. The third-order valence-corrected chi connectivity index (χ3v) is 7.24. The van der Waals surface area contributed by atoms with Gasteiger partial charge in [0.25, 0.3) is 0 Å². The topological polar surface area (TPSA) is 116 Å². The lowest BCUT2D eigenvalue weighted by molar-refractivity contribution is -0.141. The molecule has 1 fully saturated rings. The number of phenols is 2. The van der Waals surface area contributed by atoms with Gasteiger partial charge >= 0.3 is 5.97 Å². The van der Waals surface area contributed by atoms with Crippen molar-refractivity contribution in [3.63, 3.8) is 0 Å². The average molecular weight is 491 g/mol. The second-order valence-electron chi connectivity index (χ2n) is 9.07. The molecule has 36 heavy (non-hydrogen) atoms. The number of esters is 1. The molecule has 0 bridgehead atoms. The van der Waals surface area contributed by atoms with Crippen LogP contribution in [0, 0.1) is 11.8 Å². The van der Waals surface area contributed by atoms with Crippen molar-refractivity contribution in [1.29, 1.82) is 0 Å². The Bertz CT molecular complexity index is 1310. The predicted molar refractivity (Wildman–Crippen MR) is 128 cm³/mol. The van der Waals surface area contributed by atoms with Gasteiger partial charge in [0, 0.05) is 17.5 Å². The van der Waals surface area contributed by atoms with Crippen molar-refractivity contribution in [1.82, 2.24) is 0 Å². The Balaban J connectivity index is 1.55. The van der Waals surface area contributed by atoms with Gasteiger partial charge < -0.3 is 39.2 Å². The summed E-state index contributed by atoms with van der Waals surface area (Å²) >= 11 is 0. The van der Waals surface area contributed by atoms with Crippen LogP contribution in [0.5, 0.6) is 34.5 Å². The number of hydrogen-bond donors (Lipinski definition) is 3. The summed E-state index contributed by atoms with van der Waals surface area (Å²) in [5, 5.41) is 23.8. The minimum atomic E-state index is -0.508. The fraction of sp³-hybridized carbons (Fsp3) is 0.296. The summed E-state index contributed by atoms with van der Waals surface area (Å²) in [4.78, 5) is 13.2. The van der Waals surface area contributed by atoms with Gasteiger partial charge in [0.15, 0.2) is 23.0 Å². The van der Waals surface area contributed by atoms with Gasteiger partial charge in [-0.25, -0.2) is 0 Å². The number of cyclic esters (lactones) is 1. The number of hydrogen-bond acceptors (Lipinski definition) is 9. The molecule has 2 heterocycles. The molecule has 1 aliphatic carbocycles. The van der Waals surface area contributed by atoms with Gasteiger partial charge in [0.05, 0.1) is 32.8 Å². The third-order valence-electron chi connectivity index (χ3n) is 7.24. The van der Waals surface area contributed by atoms with Gasteiger partial charge in [-0.3, -0.25) is 4.79 Å². The molecule has 3 aliphatic rings. The van der Waals surface area contributed by atoms with Gasteiger partial charge in [0.1, 0.15) is 5.75 Å². The van der Waals surface area contributed by atoms with Crippen molar-refractivity contribution in [3.8, 4) is 34.5 Å². The van der Waals surface area contributed by atoms with E-state index in [1.807, 2.05) is 12.1 Å². The van der Waals surface area contributed by atoms with Crippen LogP contribution in [0.2, 0.25) is 0 Å². The Morgan fingerprint density at radius 1 is 0.889 bits per heavy atom. The number of phenolic OH excluding ortho intramolecular Hbond substituents is 2. The molecule has 2 aliphatic heterocycles. The van der Waals surface area contributed by atoms with Crippen LogP contribution in [0.3, 0.4) is 0 Å². The number of carbonyl (C=O) groups excluding carboxylic acids is 1. The number of methoxy groups -OCH3 is 2. The highest BCUT2D eigenvalue weighted by Crippen LogP contribution is 2.56. The van der Waals surface area contributed by atoms with E-state index in [1.165, 1.54) is 14.2 Å². The molecule has 9 nitrogen and oxygen atoms in total. The smallest absolute Gasteiger partial charge is 0.310 e. The fourth-order valence-electron chi connectivity index (χ4n) is 5.58. The van der Waals surface area contributed by atoms with Gasteiger partial charge in [-0.1, -0.05) is 0 Å². The molecule has 4 atom stereocenters. The van der Waals surface area contributed by atoms with Crippen molar-refractivity contribution in [2.45, 2.75) is 12.0 Å². The van der Waals surface area contributed by atoms with Crippen molar-refractivity contribution in [2.75, 3.05) is 32.9 Å². The number of nitrogens with one attached hydrogen (secondary N) is 1. The van der Waals surface area contributed by atoms with Crippen molar-refractivity contribution in [3.05, 3.63) is 65.2 Å². The first kappa shape index (κ1) is 22.2. The van der Waals surface area contributed by atoms with Gasteiger partial charge in [-0.15, -0.1) is 0 Å². The number of fused-ring (bicyclic) bond motifs is 3. The molecule has 3 aromatic carbocycles. The second-order valence-corrected chi connectivity index (χ2v) is 9.07. The van der Waals surface area contributed by atoms with E-state index in [4.69, 9.17) is 23.7 Å². The molecule has 0 amide bonds. The number of carbonyl (C=O) groups is 1. The Morgan fingerprint density at radius 2 is 1.53 bits per heavy atom.